The Bertz CT molecular complexity index is 314. The number of hydrogen-bond acceptors (Lipinski definition) is 2. The van der Waals surface area contributed by atoms with Gasteiger partial charge in [0.15, 0.2) is 0 Å². The van der Waals surface area contributed by atoms with E-state index in [4.69, 9.17) is 0 Å². The number of hydrogen-bond donors (Lipinski definition) is 0. The van der Waals surface area contributed by atoms with Gasteiger partial charge in [0, 0.05) is 0 Å². The first kappa shape index (κ1) is 14.6. The van der Waals surface area contributed by atoms with E-state index in [-0.39, 0.29) is 11.6 Å². The maximum atomic E-state index is 11.2. The summed E-state index contributed by atoms with van der Waals surface area (Å²) in [7, 11) is 0. The highest BCUT2D eigenvalue weighted by Gasteiger charge is 2.19. The first-order valence-electron chi connectivity index (χ1n) is 5.66. The van der Waals surface area contributed by atoms with Crippen LogP contribution in [-0.2, 0) is 16.0 Å². The third-order valence-corrected chi connectivity index (χ3v) is 2.26. The maximum absolute atomic E-state index is 11.2. The van der Waals surface area contributed by atoms with Crippen LogP contribution in [0.4, 0.5) is 0 Å². The van der Waals surface area contributed by atoms with Gasteiger partial charge in [-0.3, -0.25) is 9.59 Å². The minimum atomic E-state index is -0.475. The summed E-state index contributed by atoms with van der Waals surface area (Å²) in [5.41, 5.74) is 1.03. The molecule has 0 aliphatic rings. The van der Waals surface area contributed by atoms with Crippen LogP contribution in [0.5, 0.6) is 0 Å². The molecule has 0 aliphatic carbocycles. The Morgan fingerprint density at radius 3 is 1.81 bits per heavy atom. The minimum Gasteiger partial charge on any atom is -0.299 e. The van der Waals surface area contributed by atoms with Gasteiger partial charge >= 0.3 is 0 Å². The van der Waals surface area contributed by atoms with Crippen LogP contribution in [0.3, 0.4) is 0 Å². The third kappa shape index (κ3) is 4.87. The van der Waals surface area contributed by atoms with Crippen molar-refractivity contribution in [2.24, 2.45) is 5.92 Å². The number of rotatable bonds is 4. The number of ketones is 2. The van der Waals surface area contributed by atoms with Crippen LogP contribution in [0.1, 0.15) is 33.3 Å². The Kier molecular flexibility index (Phi) is 7.10. The van der Waals surface area contributed by atoms with Gasteiger partial charge in [0.05, 0.1) is 5.92 Å². The van der Waals surface area contributed by atoms with Crippen LogP contribution in [0.15, 0.2) is 30.3 Å². The summed E-state index contributed by atoms with van der Waals surface area (Å²) in [4.78, 5) is 22.3. The second-order valence-corrected chi connectivity index (χ2v) is 3.46. The summed E-state index contributed by atoms with van der Waals surface area (Å²) in [6, 6.07) is 9.59. The molecule has 0 spiro atoms. The number of carbonyl (C=O) groups excluding carboxylic acids is 2. The quantitative estimate of drug-likeness (QED) is 0.731. The first-order valence-corrected chi connectivity index (χ1v) is 5.66. The number of benzene rings is 1. The lowest BCUT2D eigenvalue weighted by Crippen LogP contribution is -2.21. The van der Waals surface area contributed by atoms with E-state index in [0.717, 1.165) is 5.56 Å². The third-order valence-electron chi connectivity index (χ3n) is 2.26. The van der Waals surface area contributed by atoms with Gasteiger partial charge in [-0.15, -0.1) is 0 Å². The second-order valence-electron chi connectivity index (χ2n) is 3.46. The normalized spacial score (nSPS) is 9.31. The van der Waals surface area contributed by atoms with Gasteiger partial charge in [0.2, 0.25) is 0 Å². The summed E-state index contributed by atoms with van der Waals surface area (Å²) < 4.78 is 0. The average molecular weight is 220 g/mol. The Morgan fingerprint density at radius 2 is 1.44 bits per heavy atom. The van der Waals surface area contributed by atoms with Crippen LogP contribution in [0.25, 0.3) is 0 Å². The predicted octanol–water partition coefficient (Wildman–Crippen LogP) is 3.05. The van der Waals surface area contributed by atoms with E-state index in [1.807, 2.05) is 44.2 Å². The molecular weight excluding hydrogens is 200 g/mol. The SMILES string of the molecule is CC.CC(=O)C(Cc1ccccc1)C(C)=O. The summed E-state index contributed by atoms with van der Waals surface area (Å²) in [6.07, 6.45) is 0.519. The van der Waals surface area contributed by atoms with Crippen LogP contribution >= 0.6 is 0 Å². The molecule has 1 aromatic rings. The van der Waals surface area contributed by atoms with Crippen molar-refractivity contribution in [1.82, 2.24) is 0 Å². The molecule has 0 N–H and O–H groups in total. The predicted molar refractivity (Wildman–Crippen MR) is 66.3 cm³/mol. The fourth-order valence-electron chi connectivity index (χ4n) is 1.42. The van der Waals surface area contributed by atoms with Crippen LogP contribution in [0.2, 0.25) is 0 Å². The molecule has 16 heavy (non-hydrogen) atoms. The molecule has 0 radical (unpaired) electrons. The fourth-order valence-corrected chi connectivity index (χ4v) is 1.42. The lowest BCUT2D eigenvalue weighted by Gasteiger charge is -2.09. The molecule has 0 unspecified atom stereocenters. The maximum Gasteiger partial charge on any atom is 0.140 e. The lowest BCUT2D eigenvalue weighted by molar-refractivity contribution is -0.130. The highest BCUT2D eigenvalue weighted by atomic mass is 16.1. The summed E-state index contributed by atoms with van der Waals surface area (Å²) in [6.45, 7) is 6.93. The smallest absolute Gasteiger partial charge is 0.140 e. The molecule has 88 valence electrons. The molecule has 0 amide bonds. The van der Waals surface area contributed by atoms with Crippen LogP contribution in [-0.4, -0.2) is 11.6 Å². The molecule has 1 aromatic carbocycles. The zero-order chi connectivity index (χ0) is 12.6. The molecule has 1 rings (SSSR count). The molecule has 0 heterocycles. The highest BCUT2D eigenvalue weighted by molar-refractivity contribution is 6.00. The largest absolute Gasteiger partial charge is 0.299 e. The highest BCUT2D eigenvalue weighted by Crippen LogP contribution is 2.10. The molecule has 0 bridgehead atoms. The Labute approximate surface area is 97.7 Å². The summed E-state index contributed by atoms with van der Waals surface area (Å²) in [5.74, 6) is -0.583. The van der Waals surface area contributed by atoms with E-state index < -0.39 is 5.92 Å². The van der Waals surface area contributed by atoms with Gasteiger partial charge in [-0.25, -0.2) is 0 Å². The molecule has 0 saturated carbocycles. The minimum absolute atomic E-state index is 0.0543. The van der Waals surface area contributed by atoms with E-state index in [1.54, 1.807) is 0 Å². The van der Waals surface area contributed by atoms with E-state index in [2.05, 4.69) is 0 Å². The monoisotopic (exact) mass is 220 g/mol. The van der Waals surface area contributed by atoms with Crippen LogP contribution < -0.4 is 0 Å². The second kappa shape index (κ2) is 7.80. The Morgan fingerprint density at radius 1 is 1.00 bits per heavy atom. The first-order chi connectivity index (χ1) is 7.61. The van der Waals surface area contributed by atoms with Gasteiger partial charge in [-0.1, -0.05) is 44.2 Å². The Balaban J connectivity index is 0.00000106. The van der Waals surface area contributed by atoms with E-state index in [0.29, 0.717) is 6.42 Å². The molecule has 0 saturated heterocycles. The molecule has 2 nitrogen and oxygen atoms in total. The van der Waals surface area contributed by atoms with Crippen molar-refractivity contribution in [3.8, 4) is 0 Å². The zero-order valence-electron chi connectivity index (χ0n) is 10.5. The topological polar surface area (TPSA) is 34.1 Å². The molecule has 0 fully saturated rings. The van der Waals surface area contributed by atoms with E-state index in [9.17, 15) is 9.59 Å². The standard InChI is InChI=1S/C12H14O2.C2H6/c1-9(13)12(10(2)14)8-11-6-4-3-5-7-11;1-2/h3-7,12H,8H2,1-2H3;1-2H3. The zero-order valence-corrected chi connectivity index (χ0v) is 10.5. The van der Waals surface area contributed by atoms with Gasteiger partial charge in [0.1, 0.15) is 11.6 Å². The average Bonchev–Trinajstić information content (AvgIpc) is 2.29. The van der Waals surface area contributed by atoms with Gasteiger partial charge in [-0.05, 0) is 25.8 Å². The van der Waals surface area contributed by atoms with Gasteiger partial charge in [0.25, 0.3) is 0 Å². The van der Waals surface area contributed by atoms with Crippen molar-refractivity contribution < 1.29 is 9.59 Å². The molecule has 2 heteroatoms. The van der Waals surface area contributed by atoms with Crippen molar-refractivity contribution in [3.63, 3.8) is 0 Å². The van der Waals surface area contributed by atoms with Gasteiger partial charge in [-0.2, -0.15) is 0 Å². The van der Waals surface area contributed by atoms with Crippen molar-refractivity contribution in [2.45, 2.75) is 34.1 Å². The van der Waals surface area contributed by atoms with Crippen molar-refractivity contribution in [1.29, 1.82) is 0 Å². The van der Waals surface area contributed by atoms with Crippen molar-refractivity contribution >= 4 is 11.6 Å². The summed E-state index contributed by atoms with van der Waals surface area (Å²) in [5, 5.41) is 0. The number of Topliss-reactive ketones (excluding diaryl/α,β-unsaturated/α-hetero) is 2. The van der Waals surface area contributed by atoms with E-state index in [1.165, 1.54) is 13.8 Å². The number of carbonyl (C=O) groups is 2. The Hall–Kier alpha value is -1.44. The molecule has 0 aliphatic heterocycles. The fraction of sp³-hybridized carbons (Fsp3) is 0.429. The molecule has 0 aromatic heterocycles. The van der Waals surface area contributed by atoms with Crippen LogP contribution in [0, 0.1) is 5.92 Å². The van der Waals surface area contributed by atoms with Crippen molar-refractivity contribution in [2.75, 3.05) is 0 Å². The molecule has 0 atom stereocenters. The van der Waals surface area contributed by atoms with E-state index >= 15 is 0 Å². The lowest BCUT2D eigenvalue weighted by atomic mass is 9.93. The van der Waals surface area contributed by atoms with Gasteiger partial charge < -0.3 is 0 Å². The molecular formula is C14H20O2. The van der Waals surface area contributed by atoms with Crippen molar-refractivity contribution in [3.05, 3.63) is 35.9 Å². The summed E-state index contributed by atoms with van der Waals surface area (Å²) >= 11 is 0.